The molecule has 0 saturated carbocycles. The molecular formula is C29H35N3O4. The van der Waals surface area contributed by atoms with Crippen molar-refractivity contribution in [3.8, 4) is 12.3 Å². The number of para-hydroxylation sites is 1. The fourth-order valence-corrected chi connectivity index (χ4v) is 5.42. The molecule has 2 aromatic rings. The Morgan fingerprint density at radius 3 is 2.50 bits per heavy atom. The summed E-state index contributed by atoms with van der Waals surface area (Å²) in [5.41, 5.74) is 2.90. The quantitative estimate of drug-likeness (QED) is 0.519. The van der Waals surface area contributed by atoms with Crippen LogP contribution in [-0.4, -0.2) is 65.3 Å². The second-order valence-corrected chi connectivity index (χ2v) is 9.87. The standard InChI is InChI=1S/C29H35N3O4/c1-3-21-10-7-8-13-24(21)31-17-15-23(20(2)19-31)18-30-28(35)26(33)27(34)29(36)32-16-9-14-25(32)22-11-5-4-6-12-22/h1,4-8,10-13,20,23,25-27,33-34H,9,14-19H2,2H3,(H,30,35)/t20-,23?,25+,26+,27+/m0/s1. The molecule has 2 fully saturated rings. The number of carbonyl (C=O) groups is 2. The lowest BCUT2D eigenvalue weighted by Gasteiger charge is -2.39. The van der Waals surface area contributed by atoms with Crippen LogP contribution in [0.15, 0.2) is 54.6 Å². The SMILES string of the molecule is C#Cc1ccccc1N1CCC(CNC(=O)[C@H](O)[C@@H](O)C(=O)N2CCC[C@@H]2c2ccccc2)[C@@H](C)C1. The van der Waals surface area contributed by atoms with Crippen molar-refractivity contribution in [2.45, 2.75) is 44.4 Å². The van der Waals surface area contributed by atoms with Gasteiger partial charge in [0.1, 0.15) is 0 Å². The maximum atomic E-state index is 13.0. The maximum Gasteiger partial charge on any atom is 0.255 e. The summed E-state index contributed by atoms with van der Waals surface area (Å²) < 4.78 is 0. The predicted molar refractivity (Wildman–Crippen MR) is 139 cm³/mol. The van der Waals surface area contributed by atoms with Gasteiger partial charge >= 0.3 is 0 Å². The first kappa shape index (κ1) is 25.7. The first-order valence-corrected chi connectivity index (χ1v) is 12.7. The van der Waals surface area contributed by atoms with Crippen LogP contribution in [-0.2, 0) is 9.59 Å². The van der Waals surface area contributed by atoms with E-state index in [1.807, 2.05) is 54.6 Å². The van der Waals surface area contributed by atoms with Gasteiger partial charge < -0.3 is 25.3 Å². The minimum Gasteiger partial charge on any atom is -0.380 e. The number of benzene rings is 2. The fourth-order valence-electron chi connectivity index (χ4n) is 5.42. The topological polar surface area (TPSA) is 93.1 Å². The Morgan fingerprint density at radius 1 is 1.06 bits per heavy atom. The molecular weight excluding hydrogens is 454 g/mol. The zero-order chi connectivity index (χ0) is 25.7. The first-order chi connectivity index (χ1) is 17.4. The van der Waals surface area contributed by atoms with Crippen LogP contribution < -0.4 is 10.2 Å². The summed E-state index contributed by atoms with van der Waals surface area (Å²) in [4.78, 5) is 29.5. The number of hydrogen-bond donors (Lipinski definition) is 3. The molecule has 1 unspecified atom stereocenters. The summed E-state index contributed by atoms with van der Waals surface area (Å²) in [5.74, 6) is 1.90. The maximum absolute atomic E-state index is 13.0. The van der Waals surface area contributed by atoms with Crippen LogP contribution in [0.4, 0.5) is 5.69 Å². The minimum absolute atomic E-state index is 0.158. The number of aliphatic hydroxyl groups excluding tert-OH is 2. The molecule has 190 valence electrons. The molecule has 0 radical (unpaired) electrons. The third kappa shape index (κ3) is 5.56. The van der Waals surface area contributed by atoms with E-state index in [9.17, 15) is 19.8 Å². The van der Waals surface area contributed by atoms with Crippen molar-refractivity contribution >= 4 is 17.5 Å². The molecule has 5 atom stereocenters. The summed E-state index contributed by atoms with van der Waals surface area (Å²) >= 11 is 0. The lowest BCUT2D eigenvalue weighted by Crippen LogP contribution is -2.52. The van der Waals surface area contributed by atoms with Gasteiger partial charge in [-0.05, 0) is 48.8 Å². The first-order valence-electron chi connectivity index (χ1n) is 12.7. The molecule has 2 saturated heterocycles. The number of anilines is 1. The molecule has 2 aliphatic heterocycles. The van der Waals surface area contributed by atoms with Crippen LogP contribution in [0.5, 0.6) is 0 Å². The van der Waals surface area contributed by atoms with Gasteiger partial charge in [-0.15, -0.1) is 6.42 Å². The van der Waals surface area contributed by atoms with E-state index in [1.54, 1.807) is 4.90 Å². The molecule has 0 spiro atoms. The number of nitrogens with zero attached hydrogens (tertiary/aromatic N) is 2. The van der Waals surface area contributed by atoms with E-state index in [1.165, 1.54) is 0 Å². The van der Waals surface area contributed by atoms with Crippen LogP contribution in [0.2, 0.25) is 0 Å². The Morgan fingerprint density at radius 2 is 1.78 bits per heavy atom. The summed E-state index contributed by atoms with van der Waals surface area (Å²) in [6.07, 6.45) is 4.49. The highest BCUT2D eigenvalue weighted by atomic mass is 16.3. The van der Waals surface area contributed by atoms with Crippen molar-refractivity contribution in [2.24, 2.45) is 11.8 Å². The average molecular weight is 490 g/mol. The van der Waals surface area contributed by atoms with Gasteiger partial charge in [0.2, 0.25) is 0 Å². The Kier molecular flexibility index (Phi) is 8.29. The van der Waals surface area contributed by atoms with Crippen molar-refractivity contribution in [2.75, 3.05) is 31.1 Å². The van der Waals surface area contributed by atoms with E-state index in [0.29, 0.717) is 13.1 Å². The van der Waals surface area contributed by atoms with Crippen LogP contribution in [0, 0.1) is 24.2 Å². The molecule has 7 nitrogen and oxygen atoms in total. The van der Waals surface area contributed by atoms with Crippen molar-refractivity contribution in [3.05, 3.63) is 65.7 Å². The minimum atomic E-state index is -1.81. The van der Waals surface area contributed by atoms with Crippen LogP contribution in [0.3, 0.4) is 0 Å². The Balaban J connectivity index is 1.29. The van der Waals surface area contributed by atoms with E-state index in [4.69, 9.17) is 6.42 Å². The van der Waals surface area contributed by atoms with Gasteiger partial charge in [0.05, 0.1) is 11.7 Å². The summed E-state index contributed by atoms with van der Waals surface area (Å²) in [6.45, 7) is 4.61. The van der Waals surface area contributed by atoms with E-state index in [0.717, 1.165) is 49.2 Å². The summed E-state index contributed by atoms with van der Waals surface area (Å²) in [6, 6.07) is 17.3. The van der Waals surface area contributed by atoms with Gasteiger partial charge in [0.25, 0.3) is 11.8 Å². The second-order valence-electron chi connectivity index (χ2n) is 9.87. The smallest absolute Gasteiger partial charge is 0.255 e. The molecule has 0 aromatic heterocycles. The van der Waals surface area contributed by atoms with Crippen LogP contribution in [0.1, 0.15) is 43.4 Å². The largest absolute Gasteiger partial charge is 0.380 e. The van der Waals surface area contributed by atoms with Gasteiger partial charge in [-0.2, -0.15) is 0 Å². The molecule has 7 heteroatoms. The average Bonchev–Trinajstić information content (AvgIpc) is 3.41. The monoisotopic (exact) mass is 489 g/mol. The highest BCUT2D eigenvalue weighted by Gasteiger charge is 2.38. The number of terminal acetylenes is 1. The fraction of sp³-hybridized carbons (Fsp3) is 0.448. The number of amides is 2. The van der Waals surface area contributed by atoms with Gasteiger partial charge in [-0.3, -0.25) is 9.59 Å². The van der Waals surface area contributed by atoms with Gasteiger partial charge in [0.15, 0.2) is 12.2 Å². The Bertz CT molecular complexity index is 1100. The highest BCUT2D eigenvalue weighted by Crippen LogP contribution is 2.32. The lowest BCUT2D eigenvalue weighted by atomic mass is 9.86. The number of carbonyl (C=O) groups excluding carboxylic acids is 2. The van der Waals surface area contributed by atoms with Crippen LogP contribution in [0.25, 0.3) is 0 Å². The zero-order valence-electron chi connectivity index (χ0n) is 20.7. The lowest BCUT2D eigenvalue weighted by molar-refractivity contribution is -0.153. The number of hydrogen-bond acceptors (Lipinski definition) is 5. The molecule has 0 aliphatic carbocycles. The molecule has 3 N–H and O–H groups in total. The van der Waals surface area contributed by atoms with Gasteiger partial charge in [-0.1, -0.05) is 55.3 Å². The van der Waals surface area contributed by atoms with E-state index in [-0.39, 0.29) is 17.9 Å². The molecule has 4 rings (SSSR count). The summed E-state index contributed by atoms with van der Waals surface area (Å²) in [5, 5.41) is 23.8. The molecule has 2 aliphatic rings. The molecule has 36 heavy (non-hydrogen) atoms. The normalized spacial score (nSPS) is 23.6. The third-order valence-electron chi connectivity index (χ3n) is 7.56. The molecule has 2 aromatic carbocycles. The van der Waals surface area contributed by atoms with Crippen molar-refractivity contribution in [1.82, 2.24) is 10.2 Å². The summed E-state index contributed by atoms with van der Waals surface area (Å²) in [7, 11) is 0. The molecule has 2 amide bonds. The highest BCUT2D eigenvalue weighted by molar-refractivity contribution is 5.91. The number of nitrogens with one attached hydrogen (secondary N) is 1. The van der Waals surface area contributed by atoms with E-state index < -0.39 is 24.0 Å². The van der Waals surface area contributed by atoms with Gasteiger partial charge in [0, 0.05) is 31.7 Å². The van der Waals surface area contributed by atoms with Crippen molar-refractivity contribution < 1.29 is 19.8 Å². The molecule has 0 bridgehead atoms. The van der Waals surface area contributed by atoms with E-state index >= 15 is 0 Å². The Hall–Kier alpha value is -3.34. The van der Waals surface area contributed by atoms with Crippen LogP contribution >= 0.6 is 0 Å². The van der Waals surface area contributed by atoms with Crippen molar-refractivity contribution in [3.63, 3.8) is 0 Å². The Labute approximate surface area is 213 Å². The molecule has 2 heterocycles. The van der Waals surface area contributed by atoms with E-state index in [2.05, 4.69) is 23.1 Å². The number of aliphatic hydroxyl groups is 2. The van der Waals surface area contributed by atoms with Gasteiger partial charge in [-0.25, -0.2) is 0 Å². The zero-order valence-corrected chi connectivity index (χ0v) is 20.7. The number of rotatable bonds is 7. The number of likely N-dealkylation sites (tertiary alicyclic amines) is 1. The predicted octanol–water partition coefficient (Wildman–Crippen LogP) is 2.33. The van der Waals surface area contributed by atoms with Crippen molar-refractivity contribution in [1.29, 1.82) is 0 Å². The number of piperidine rings is 1. The second kappa shape index (κ2) is 11.6. The third-order valence-corrected chi connectivity index (χ3v) is 7.56.